The van der Waals surface area contributed by atoms with E-state index in [0.717, 1.165) is 6.42 Å². The van der Waals surface area contributed by atoms with E-state index in [9.17, 15) is 0 Å². The molecule has 2 aromatic rings. The molecule has 0 atom stereocenters. The Bertz CT molecular complexity index is 775. The van der Waals surface area contributed by atoms with Crippen molar-refractivity contribution >= 4 is 6.08 Å². The molecule has 0 nitrogen and oxygen atoms in total. The lowest BCUT2D eigenvalue weighted by atomic mass is 9.87. The highest BCUT2D eigenvalue weighted by molar-refractivity contribution is 5.85. The van der Waals surface area contributed by atoms with E-state index in [-0.39, 0.29) is 0 Å². The third-order valence-electron chi connectivity index (χ3n) is 5.04. The van der Waals surface area contributed by atoms with Gasteiger partial charge in [0.15, 0.2) is 0 Å². The predicted octanol–water partition coefficient (Wildman–Crippen LogP) is 5.42. The highest BCUT2D eigenvalue weighted by atomic mass is 14.3. The van der Waals surface area contributed by atoms with Gasteiger partial charge in [0.05, 0.1) is 0 Å². The summed E-state index contributed by atoms with van der Waals surface area (Å²) in [5.41, 5.74) is 13.5. The minimum absolute atomic E-state index is 1.14. The number of hydrogen-bond donors (Lipinski definition) is 0. The number of benzene rings is 2. The molecule has 0 fully saturated rings. The maximum atomic E-state index is 2.48. The van der Waals surface area contributed by atoms with Crippen LogP contribution in [0.5, 0.6) is 0 Å². The van der Waals surface area contributed by atoms with E-state index in [1.54, 1.807) is 16.7 Å². The summed E-state index contributed by atoms with van der Waals surface area (Å²) in [7, 11) is 0. The molecule has 0 aromatic heterocycles. The standard InChI is InChI=1S/C21H22/c1-13-7-8-18(15(3)9-13)21-19-6-4-5-16(19)12-17-10-14(2)11-20(17)21/h7-9,11-12H,4-6,10H2,1-3H3. The molecular weight excluding hydrogens is 252 g/mol. The number of aryl methyl sites for hydroxylation is 3. The van der Waals surface area contributed by atoms with Gasteiger partial charge in [-0.15, -0.1) is 0 Å². The lowest BCUT2D eigenvalue weighted by Gasteiger charge is -2.17. The van der Waals surface area contributed by atoms with Crippen molar-refractivity contribution in [3.8, 4) is 11.1 Å². The summed E-state index contributed by atoms with van der Waals surface area (Å²) in [6, 6.07) is 9.40. The smallest absolute Gasteiger partial charge is 0.00603 e. The monoisotopic (exact) mass is 274 g/mol. The molecule has 0 unspecified atom stereocenters. The van der Waals surface area contributed by atoms with Crippen molar-refractivity contribution in [3.05, 3.63) is 63.2 Å². The number of hydrogen-bond acceptors (Lipinski definition) is 0. The molecule has 21 heavy (non-hydrogen) atoms. The van der Waals surface area contributed by atoms with Gasteiger partial charge in [-0.25, -0.2) is 0 Å². The molecule has 0 heterocycles. The van der Waals surface area contributed by atoms with Crippen LogP contribution in [-0.4, -0.2) is 0 Å². The van der Waals surface area contributed by atoms with Gasteiger partial charge < -0.3 is 0 Å². The number of fused-ring (bicyclic) bond motifs is 2. The zero-order valence-corrected chi connectivity index (χ0v) is 13.2. The SMILES string of the molecule is CC1=Cc2c(cc3c(c2-c2ccc(C)cc2C)CCC3)C1. The van der Waals surface area contributed by atoms with Gasteiger partial charge in [0.1, 0.15) is 0 Å². The van der Waals surface area contributed by atoms with Gasteiger partial charge in [-0.1, -0.05) is 41.5 Å². The summed E-state index contributed by atoms with van der Waals surface area (Å²) in [4.78, 5) is 0. The van der Waals surface area contributed by atoms with Crippen molar-refractivity contribution in [2.24, 2.45) is 0 Å². The van der Waals surface area contributed by atoms with Crippen molar-refractivity contribution in [3.63, 3.8) is 0 Å². The van der Waals surface area contributed by atoms with Crippen LogP contribution in [0.15, 0.2) is 29.8 Å². The van der Waals surface area contributed by atoms with Crippen LogP contribution < -0.4 is 0 Å². The Morgan fingerprint density at radius 3 is 2.57 bits per heavy atom. The van der Waals surface area contributed by atoms with Crippen molar-refractivity contribution in [1.82, 2.24) is 0 Å². The average molecular weight is 274 g/mol. The Morgan fingerprint density at radius 1 is 0.905 bits per heavy atom. The molecule has 0 amide bonds. The quantitative estimate of drug-likeness (QED) is 0.651. The van der Waals surface area contributed by atoms with Crippen LogP contribution in [-0.2, 0) is 19.3 Å². The molecular formula is C21H22. The molecule has 2 aliphatic rings. The fraction of sp³-hybridized carbons (Fsp3) is 0.333. The maximum Gasteiger partial charge on any atom is -0.00603 e. The number of allylic oxidation sites excluding steroid dienone is 1. The minimum atomic E-state index is 1.14. The van der Waals surface area contributed by atoms with Crippen LogP contribution in [0.25, 0.3) is 17.2 Å². The summed E-state index contributed by atoms with van der Waals surface area (Å²) in [5, 5.41) is 0. The molecule has 0 radical (unpaired) electrons. The van der Waals surface area contributed by atoms with Crippen molar-refractivity contribution in [1.29, 1.82) is 0 Å². The Kier molecular flexibility index (Phi) is 2.82. The van der Waals surface area contributed by atoms with E-state index in [2.05, 4.69) is 51.1 Å². The lowest BCUT2D eigenvalue weighted by molar-refractivity contribution is 0.911. The van der Waals surface area contributed by atoms with Crippen LogP contribution in [0.1, 0.15) is 46.7 Å². The van der Waals surface area contributed by atoms with Gasteiger partial charge in [0, 0.05) is 0 Å². The first-order valence-electron chi connectivity index (χ1n) is 8.06. The van der Waals surface area contributed by atoms with E-state index in [1.165, 1.54) is 52.7 Å². The largest absolute Gasteiger partial charge is 0.0683 e. The number of rotatable bonds is 1. The molecule has 0 saturated carbocycles. The Labute approximate surface area is 127 Å². The zero-order chi connectivity index (χ0) is 14.6. The van der Waals surface area contributed by atoms with Crippen molar-refractivity contribution in [2.45, 2.75) is 46.5 Å². The molecule has 0 spiro atoms. The first-order valence-corrected chi connectivity index (χ1v) is 8.06. The second-order valence-corrected chi connectivity index (χ2v) is 6.80. The minimum Gasteiger partial charge on any atom is -0.0683 e. The molecule has 0 saturated heterocycles. The van der Waals surface area contributed by atoms with Crippen LogP contribution in [0, 0.1) is 13.8 Å². The first kappa shape index (κ1) is 12.9. The fourth-order valence-electron chi connectivity index (χ4n) is 4.13. The first-order chi connectivity index (χ1) is 10.1. The topological polar surface area (TPSA) is 0 Å². The third-order valence-corrected chi connectivity index (χ3v) is 5.04. The van der Waals surface area contributed by atoms with Gasteiger partial charge in [0.25, 0.3) is 0 Å². The van der Waals surface area contributed by atoms with E-state index in [4.69, 9.17) is 0 Å². The van der Waals surface area contributed by atoms with Crippen LogP contribution >= 0.6 is 0 Å². The maximum absolute atomic E-state index is 2.48. The van der Waals surface area contributed by atoms with Gasteiger partial charge in [-0.2, -0.15) is 0 Å². The molecule has 4 rings (SSSR count). The zero-order valence-electron chi connectivity index (χ0n) is 13.2. The summed E-state index contributed by atoms with van der Waals surface area (Å²) in [6.45, 7) is 6.70. The predicted molar refractivity (Wildman–Crippen MR) is 90.7 cm³/mol. The molecule has 106 valence electrons. The third kappa shape index (κ3) is 1.97. The van der Waals surface area contributed by atoms with Gasteiger partial charge >= 0.3 is 0 Å². The van der Waals surface area contributed by atoms with E-state index < -0.39 is 0 Å². The highest BCUT2D eigenvalue weighted by Crippen LogP contribution is 2.42. The average Bonchev–Trinajstić information content (AvgIpc) is 3.01. The lowest BCUT2D eigenvalue weighted by Crippen LogP contribution is -1.97. The summed E-state index contributed by atoms with van der Waals surface area (Å²) < 4.78 is 0. The molecule has 2 aromatic carbocycles. The summed E-state index contributed by atoms with van der Waals surface area (Å²) in [5.74, 6) is 0. The molecule has 2 aliphatic carbocycles. The normalized spacial score (nSPS) is 15.9. The van der Waals surface area contributed by atoms with E-state index >= 15 is 0 Å². The Hall–Kier alpha value is -1.82. The van der Waals surface area contributed by atoms with Crippen LogP contribution in [0.4, 0.5) is 0 Å². The van der Waals surface area contributed by atoms with Gasteiger partial charge in [-0.05, 0) is 85.4 Å². The Balaban J connectivity index is 2.04. The Morgan fingerprint density at radius 2 is 1.76 bits per heavy atom. The fourth-order valence-corrected chi connectivity index (χ4v) is 4.13. The summed E-state index contributed by atoms with van der Waals surface area (Å²) in [6.07, 6.45) is 7.39. The molecule has 0 N–H and O–H groups in total. The van der Waals surface area contributed by atoms with Crippen LogP contribution in [0.3, 0.4) is 0 Å². The van der Waals surface area contributed by atoms with Gasteiger partial charge in [0.2, 0.25) is 0 Å². The van der Waals surface area contributed by atoms with Gasteiger partial charge in [-0.3, -0.25) is 0 Å². The van der Waals surface area contributed by atoms with Crippen molar-refractivity contribution < 1.29 is 0 Å². The molecule has 0 aliphatic heterocycles. The second kappa shape index (κ2) is 4.59. The van der Waals surface area contributed by atoms with E-state index in [1.807, 2.05) is 0 Å². The van der Waals surface area contributed by atoms with Crippen molar-refractivity contribution in [2.75, 3.05) is 0 Å². The highest BCUT2D eigenvalue weighted by Gasteiger charge is 2.24. The summed E-state index contributed by atoms with van der Waals surface area (Å²) >= 11 is 0. The van der Waals surface area contributed by atoms with Crippen LogP contribution in [0.2, 0.25) is 0 Å². The molecule has 0 bridgehead atoms. The van der Waals surface area contributed by atoms with E-state index in [0.29, 0.717) is 0 Å². The second-order valence-electron chi connectivity index (χ2n) is 6.80. The molecule has 0 heteroatoms.